The summed E-state index contributed by atoms with van der Waals surface area (Å²) in [5.74, 6) is -0.647. The van der Waals surface area contributed by atoms with E-state index in [0.29, 0.717) is 17.6 Å². The Labute approximate surface area is 179 Å². The molecule has 0 aliphatic rings. The summed E-state index contributed by atoms with van der Waals surface area (Å²) in [5, 5.41) is 0.182. The first kappa shape index (κ1) is 25.0. The van der Waals surface area contributed by atoms with Gasteiger partial charge in [-0.25, -0.2) is 4.39 Å². The maximum Gasteiger partial charge on any atom is 0.412 e. The zero-order chi connectivity index (χ0) is 23.2. The first-order valence-electron chi connectivity index (χ1n) is 9.99. The van der Waals surface area contributed by atoms with Crippen LogP contribution in [0.5, 0.6) is 0 Å². The van der Waals surface area contributed by atoms with E-state index in [1.54, 1.807) is 31.4 Å². The van der Waals surface area contributed by atoms with E-state index in [2.05, 4.69) is 4.72 Å². The summed E-state index contributed by atoms with van der Waals surface area (Å²) in [6.07, 6.45) is -3.28. The summed E-state index contributed by atoms with van der Waals surface area (Å²) in [7, 11) is 0. The van der Waals surface area contributed by atoms with E-state index in [0.717, 1.165) is 0 Å². The number of nitrogens with zero attached hydrogens (tertiary/aromatic N) is 1. The molecule has 1 heterocycles. The van der Waals surface area contributed by atoms with Crippen molar-refractivity contribution in [2.24, 2.45) is 5.41 Å². The highest BCUT2D eigenvalue weighted by Gasteiger charge is 2.47. The van der Waals surface area contributed by atoms with Crippen LogP contribution in [0.3, 0.4) is 0 Å². The molecule has 2 rings (SSSR count). The van der Waals surface area contributed by atoms with Gasteiger partial charge in [-0.1, -0.05) is 34.6 Å². The van der Waals surface area contributed by atoms with Crippen LogP contribution >= 0.6 is 0 Å². The Kier molecular flexibility index (Phi) is 6.97. The van der Waals surface area contributed by atoms with Crippen molar-refractivity contribution in [3.63, 3.8) is 0 Å². The summed E-state index contributed by atoms with van der Waals surface area (Å²) in [6, 6.07) is 0.642. The van der Waals surface area contributed by atoms with Crippen LogP contribution in [0, 0.1) is 11.2 Å². The number of alkyl halides is 3. The van der Waals surface area contributed by atoms with Crippen LogP contribution in [0.4, 0.5) is 17.6 Å². The van der Waals surface area contributed by atoms with E-state index in [1.807, 2.05) is 34.6 Å². The maximum atomic E-state index is 14.7. The third kappa shape index (κ3) is 5.71. The first-order valence-corrected chi connectivity index (χ1v) is 11.1. The lowest BCUT2D eigenvalue weighted by Gasteiger charge is -2.29. The summed E-state index contributed by atoms with van der Waals surface area (Å²) in [5.41, 5.74) is 0.679. The molecule has 0 saturated carbocycles. The molecular formula is C22H32F4N2OS. The smallest absolute Gasteiger partial charge is 0.412 e. The van der Waals surface area contributed by atoms with Gasteiger partial charge in [0.25, 0.3) is 0 Å². The Morgan fingerprint density at radius 2 is 1.60 bits per heavy atom. The quantitative estimate of drug-likeness (QED) is 0.413. The summed E-state index contributed by atoms with van der Waals surface area (Å²) >= 11 is -1.96. The second-order valence-corrected chi connectivity index (χ2v) is 12.3. The topological polar surface area (TPSA) is 40.0 Å². The number of rotatable bonds is 5. The molecule has 0 spiro atoms. The Morgan fingerprint density at radius 3 is 2.03 bits per heavy atom. The molecule has 1 N–H and O–H groups in total. The fourth-order valence-electron chi connectivity index (χ4n) is 3.26. The van der Waals surface area contributed by atoms with Crippen molar-refractivity contribution in [2.45, 2.75) is 84.8 Å². The minimum absolute atomic E-state index is 0.110. The first-order chi connectivity index (χ1) is 13.4. The lowest BCUT2D eigenvalue weighted by molar-refractivity contribution is -0.152. The van der Waals surface area contributed by atoms with Crippen LogP contribution in [0.15, 0.2) is 18.3 Å². The number of halogens is 4. The van der Waals surface area contributed by atoms with Crippen molar-refractivity contribution in [1.29, 1.82) is 0 Å². The third-order valence-electron chi connectivity index (χ3n) is 4.72. The number of hydrogen-bond donors (Lipinski definition) is 1. The predicted octanol–water partition coefficient (Wildman–Crippen LogP) is 6.61. The normalized spacial score (nSPS) is 15.8. The van der Waals surface area contributed by atoms with Crippen molar-refractivity contribution in [3.05, 3.63) is 35.3 Å². The van der Waals surface area contributed by atoms with Gasteiger partial charge in [0.1, 0.15) is 10.6 Å². The SMILES string of the molecule is CC(C)c1cc2c(cc1F)c([C@H](N[S@@+]([O-])C(C)(C)C)C(F)(F)F)cn2CC(C)(C)C. The van der Waals surface area contributed by atoms with Gasteiger partial charge in [0.2, 0.25) is 0 Å². The van der Waals surface area contributed by atoms with Gasteiger partial charge in [-0.2, -0.15) is 13.2 Å². The average Bonchev–Trinajstić information content (AvgIpc) is 2.84. The second-order valence-electron chi connectivity index (χ2n) is 10.3. The van der Waals surface area contributed by atoms with Crippen LogP contribution in [-0.4, -0.2) is 20.0 Å². The fourth-order valence-corrected chi connectivity index (χ4v) is 4.09. The van der Waals surface area contributed by atoms with Gasteiger partial charge in [-0.3, -0.25) is 0 Å². The highest BCUT2D eigenvalue weighted by molar-refractivity contribution is 7.90. The molecular weight excluding hydrogens is 416 g/mol. The molecule has 0 unspecified atom stereocenters. The Bertz CT molecular complexity index is 892. The molecule has 0 aliphatic heterocycles. The molecule has 1 aromatic carbocycles. The minimum Gasteiger partial charge on any atom is -0.598 e. The van der Waals surface area contributed by atoms with Crippen molar-refractivity contribution in [1.82, 2.24) is 9.29 Å². The second kappa shape index (κ2) is 8.36. The Balaban J connectivity index is 2.75. The Morgan fingerprint density at radius 1 is 1.03 bits per heavy atom. The van der Waals surface area contributed by atoms with E-state index in [-0.39, 0.29) is 22.3 Å². The summed E-state index contributed by atoms with van der Waals surface area (Å²) in [4.78, 5) is 0. The third-order valence-corrected chi connectivity index (χ3v) is 6.28. The van der Waals surface area contributed by atoms with E-state index in [9.17, 15) is 22.1 Å². The van der Waals surface area contributed by atoms with E-state index < -0.39 is 34.1 Å². The van der Waals surface area contributed by atoms with Crippen molar-refractivity contribution in [3.8, 4) is 0 Å². The standard InChI is InChI=1S/C22H32F4N2OS/c1-13(2)14-10-18-15(9-17(14)23)16(11-28(18)12-20(3,4)5)19(22(24,25)26)27-30(29)21(6,7)8/h9-11,13,19,27H,12H2,1-8H3/t19-,30-/m0/s1. The van der Waals surface area contributed by atoms with E-state index in [4.69, 9.17) is 0 Å². The highest BCUT2D eigenvalue weighted by atomic mass is 32.2. The summed E-state index contributed by atoms with van der Waals surface area (Å²) < 4.78 is 72.5. The van der Waals surface area contributed by atoms with Gasteiger partial charge in [0, 0.05) is 40.6 Å². The molecule has 0 saturated heterocycles. The van der Waals surface area contributed by atoms with Crippen LogP contribution in [0.25, 0.3) is 10.9 Å². The number of hydrogen-bond acceptors (Lipinski definition) is 2. The van der Waals surface area contributed by atoms with Crippen LogP contribution in [-0.2, 0) is 17.9 Å². The Hall–Kier alpha value is -1.25. The van der Waals surface area contributed by atoms with Crippen LogP contribution in [0.2, 0.25) is 0 Å². The average molecular weight is 449 g/mol. The van der Waals surface area contributed by atoms with Gasteiger partial charge in [0.15, 0.2) is 6.04 Å². The molecule has 170 valence electrons. The van der Waals surface area contributed by atoms with Crippen LogP contribution < -0.4 is 4.72 Å². The van der Waals surface area contributed by atoms with E-state index >= 15 is 0 Å². The van der Waals surface area contributed by atoms with Crippen LogP contribution in [0.1, 0.15) is 78.5 Å². The number of nitrogens with one attached hydrogen (secondary N) is 1. The fraction of sp³-hybridized carbons (Fsp3) is 0.636. The highest BCUT2D eigenvalue weighted by Crippen LogP contribution is 2.40. The largest absolute Gasteiger partial charge is 0.598 e. The van der Waals surface area contributed by atoms with Gasteiger partial charge in [0.05, 0.1) is 0 Å². The van der Waals surface area contributed by atoms with Gasteiger partial charge >= 0.3 is 6.18 Å². The summed E-state index contributed by atoms with van der Waals surface area (Å²) in [6.45, 7) is 14.9. The van der Waals surface area contributed by atoms with Crippen molar-refractivity contribution < 1.29 is 22.1 Å². The van der Waals surface area contributed by atoms with Gasteiger partial charge in [-0.05, 0) is 49.8 Å². The molecule has 1 aromatic heterocycles. The molecule has 3 nitrogen and oxygen atoms in total. The molecule has 0 aliphatic carbocycles. The van der Waals surface area contributed by atoms with Crippen molar-refractivity contribution >= 4 is 22.3 Å². The number of fused-ring (bicyclic) bond motifs is 1. The van der Waals surface area contributed by atoms with Gasteiger partial charge < -0.3 is 9.12 Å². The van der Waals surface area contributed by atoms with Crippen molar-refractivity contribution in [2.75, 3.05) is 0 Å². The lowest BCUT2D eigenvalue weighted by Crippen LogP contribution is -2.45. The molecule has 2 atom stereocenters. The minimum atomic E-state index is -4.70. The van der Waals surface area contributed by atoms with Gasteiger partial charge in [-0.15, -0.1) is 4.72 Å². The monoisotopic (exact) mass is 448 g/mol. The number of benzene rings is 1. The molecule has 0 radical (unpaired) electrons. The molecule has 0 bridgehead atoms. The number of aromatic nitrogens is 1. The van der Waals surface area contributed by atoms with E-state index in [1.165, 1.54) is 12.3 Å². The molecule has 8 heteroatoms. The predicted molar refractivity (Wildman–Crippen MR) is 115 cm³/mol. The molecule has 0 amide bonds. The lowest BCUT2D eigenvalue weighted by atomic mass is 9.96. The zero-order valence-corrected chi connectivity index (χ0v) is 19.7. The zero-order valence-electron chi connectivity index (χ0n) is 18.9. The molecule has 0 fully saturated rings. The maximum absolute atomic E-state index is 14.7. The molecule has 2 aromatic rings. The molecule has 30 heavy (non-hydrogen) atoms.